The number of carbonyl (C=O) groups is 2. The lowest BCUT2D eigenvalue weighted by Gasteiger charge is -2.41. The number of carbonyl (C=O) groups excluding carboxylic acids is 2. The minimum Gasteiger partial charge on any atom is -0.343 e. The SMILES string of the molecule is CC(C)CC1NC(=O)C(C)N(C(C)c2cccs2)C1=O. The van der Waals surface area contributed by atoms with Crippen molar-refractivity contribution in [3.63, 3.8) is 0 Å². The number of hydrogen-bond acceptors (Lipinski definition) is 3. The van der Waals surface area contributed by atoms with Crippen molar-refractivity contribution >= 4 is 23.2 Å². The van der Waals surface area contributed by atoms with Crippen LogP contribution in [0, 0.1) is 5.92 Å². The highest BCUT2D eigenvalue weighted by molar-refractivity contribution is 7.10. The van der Waals surface area contributed by atoms with Crippen molar-refractivity contribution in [3.8, 4) is 0 Å². The fourth-order valence-corrected chi connectivity index (χ4v) is 3.46. The number of nitrogens with one attached hydrogen (secondary N) is 1. The van der Waals surface area contributed by atoms with Gasteiger partial charge in [0.25, 0.3) is 0 Å². The van der Waals surface area contributed by atoms with Crippen molar-refractivity contribution in [1.82, 2.24) is 10.2 Å². The second kappa shape index (κ2) is 5.95. The third-order valence-corrected chi connectivity index (χ3v) is 4.79. The van der Waals surface area contributed by atoms with Crippen molar-refractivity contribution in [2.75, 3.05) is 0 Å². The minimum atomic E-state index is -0.414. The molecule has 5 heteroatoms. The molecule has 110 valence electrons. The average molecular weight is 294 g/mol. The first kappa shape index (κ1) is 15.0. The number of hydrogen-bond donors (Lipinski definition) is 1. The van der Waals surface area contributed by atoms with Gasteiger partial charge in [0.2, 0.25) is 11.8 Å². The quantitative estimate of drug-likeness (QED) is 0.928. The van der Waals surface area contributed by atoms with Gasteiger partial charge in [-0.25, -0.2) is 0 Å². The highest BCUT2D eigenvalue weighted by atomic mass is 32.1. The Kier molecular flexibility index (Phi) is 4.48. The van der Waals surface area contributed by atoms with E-state index in [0.717, 1.165) is 4.88 Å². The van der Waals surface area contributed by atoms with Crippen LogP contribution in [-0.2, 0) is 9.59 Å². The van der Waals surface area contributed by atoms with Crippen LogP contribution in [0.1, 0.15) is 45.0 Å². The van der Waals surface area contributed by atoms with E-state index in [1.165, 1.54) is 0 Å². The van der Waals surface area contributed by atoms with Gasteiger partial charge >= 0.3 is 0 Å². The van der Waals surface area contributed by atoms with Crippen LogP contribution in [0.4, 0.5) is 0 Å². The number of amides is 2. The van der Waals surface area contributed by atoms with E-state index in [0.29, 0.717) is 12.3 Å². The molecule has 1 N–H and O–H groups in total. The average Bonchev–Trinajstić information content (AvgIpc) is 2.89. The summed E-state index contributed by atoms with van der Waals surface area (Å²) in [4.78, 5) is 27.6. The molecular formula is C15H22N2O2S. The summed E-state index contributed by atoms with van der Waals surface area (Å²) in [6.45, 7) is 7.91. The third kappa shape index (κ3) is 2.87. The topological polar surface area (TPSA) is 49.4 Å². The Balaban J connectivity index is 2.24. The third-order valence-electron chi connectivity index (χ3n) is 3.75. The molecular weight excluding hydrogens is 272 g/mol. The Morgan fingerprint density at radius 2 is 2.05 bits per heavy atom. The molecule has 1 aliphatic heterocycles. The van der Waals surface area contributed by atoms with E-state index in [9.17, 15) is 9.59 Å². The van der Waals surface area contributed by atoms with Gasteiger partial charge in [0.15, 0.2) is 0 Å². The Morgan fingerprint density at radius 1 is 1.35 bits per heavy atom. The van der Waals surface area contributed by atoms with Crippen LogP contribution < -0.4 is 5.32 Å². The standard InChI is InChI=1S/C15H22N2O2S/c1-9(2)8-12-15(19)17(11(4)14(18)16-12)10(3)13-6-5-7-20-13/h5-7,9-12H,8H2,1-4H3,(H,16,18). The van der Waals surface area contributed by atoms with E-state index in [1.54, 1.807) is 23.2 Å². The van der Waals surface area contributed by atoms with Gasteiger partial charge < -0.3 is 10.2 Å². The van der Waals surface area contributed by atoms with Crippen LogP contribution in [0.25, 0.3) is 0 Å². The molecule has 0 spiro atoms. The van der Waals surface area contributed by atoms with Crippen LogP contribution in [0.3, 0.4) is 0 Å². The highest BCUT2D eigenvalue weighted by Gasteiger charge is 2.40. The zero-order chi connectivity index (χ0) is 14.9. The van der Waals surface area contributed by atoms with Crippen molar-refractivity contribution in [2.45, 2.75) is 52.2 Å². The van der Waals surface area contributed by atoms with E-state index in [2.05, 4.69) is 19.2 Å². The van der Waals surface area contributed by atoms with Crippen LogP contribution in [0.15, 0.2) is 17.5 Å². The normalized spacial score (nSPS) is 24.9. The first-order valence-corrected chi connectivity index (χ1v) is 7.95. The Morgan fingerprint density at radius 3 is 2.60 bits per heavy atom. The summed E-state index contributed by atoms with van der Waals surface area (Å²) in [5, 5.41) is 4.85. The maximum absolute atomic E-state index is 12.7. The maximum Gasteiger partial charge on any atom is 0.246 e. The maximum atomic E-state index is 12.7. The molecule has 1 saturated heterocycles. The largest absolute Gasteiger partial charge is 0.343 e. The number of thiophene rings is 1. The Bertz CT molecular complexity index is 484. The van der Waals surface area contributed by atoms with E-state index in [4.69, 9.17) is 0 Å². The molecule has 1 aromatic heterocycles. The second-order valence-electron chi connectivity index (χ2n) is 5.80. The molecule has 1 fully saturated rings. The number of piperazine rings is 1. The van der Waals surface area contributed by atoms with Crippen LogP contribution in [0.2, 0.25) is 0 Å². The molecule has 2 rings (SSSR count). The molecule has 0 radical (unpaired) electrons. The molecule has 3 unspecified atom stereocenters. The summed E-state index contributed by atoms with van der Waals surface area (Å²) < 4.78 is 0. The summed E-state index contributed by atoms with van der Waals surface area (Å²) in [6, 6.07) is 3.13. The lowest BCUT2D eigenvalue weighted by molar-refractivity contribution is -0.151. The summed E-state index contributed by atoms with van der Waals surface area (Å²) in [5.41, 5.74) is 0. The molecule has 2 heterocycles. The van der Waals surface area contributed by atoms with Gasteiger partial charge in [-0.05, 0) is 37.6 Å². The van der Waals surface area contributed by atoms with E-state index in [-0.39, 0.29) is 23.9 Å². The first-order chi connectivity index (χ1) is 9.41. The summed E-state index contributed by atoms with van der Waals surface area (Å²) in [6.07, 6.45) is 0.685. The highest BCUT2D eigenvalue weighted by Crippen LogP contribution is 2.29. The summed E-state index contributed by atoms with van der Waals surface area (Å²) in [7, 11) is 0. The summed E-state index contributed by atoms with van der Waals surface area (Å²) in [5.74, 6) is 0.349. The molecule has 4 nitrogen and oxygen atoms in total. The lowest BCUT2D eigenvalue weighted by Crippen LogP contribution is -2.62. The molecule has 2 amide bonds. The van der Waals surface area contributed by atoms with Crippen molar-refractivity contribution in [3.05, 3.63) is 22.4 Å². The monoisotopic (exact) mass is 294 g/mol. The van der Waals surface area contributed by atoms with Crippen molar-refractivity contribution < 1.29 is 9.59 Å². The van der Waals surface area contributed by atoms with E-state index < -0.39 is 6.04 Å². The van der Waals surface area contributed by atoms with Gasteiger partial charge in [-0.15, -0.1) is 11.3 Å². The Labute approximate surface area is 124 Å². The fraction of sp³-hybridized carbons (Fsp3) is 0.600. The molecule has 1 aromatic rings. The van der Waals surface area contributed by atoms with Crippen LogP contribution in [0.5, 0.6) is 0 Å². The second-order valence-corrected chi connectivity index (χ2v) is 6.78. The zero-order valence-electron chi connectivity index (χ0n) is 12.4. The lowest BCUT2D eigenvalue weighted by atomic mass is 9.97. The Hall–Kier alpha value is -1.36. The smallest absolute Gasteiger partial charge is 0.246 e. The predicted octanol–water partition coefficient (Wildman–Crippen LogP) is 2.57. The predicted molar refractivity (Wildman–Crippen MR) is 80.4 cm³/mol. The fourth-order valence-electron chi connectivity index (χ4n) is 2.67. The van der Waals surface area contributed by atoms with Gasteiger partial charge in [-0.1, -0.05) is 19.9 Å². The van der Waals surface area contributed by atoms with Gasteiger partial charge in [0.1, 0.15) is 12.1 Å². The molecule has 0 saturated carbocycles. The van der Waals surface area contributed by atoms with Gasteiger partial charge in [-0.2, -0.15) is 0 Å². The van der Waals surface area contributed by atoms with Crippen LogP contribution >= 0.6 is 11.3 Å². The van der Waals surface area contributed by atoms with Crippen LogP contribution in [-0.4, -0.2) is 28.8 Å². The molecule has 0 aromatic carbocycles. The number of nitrogens with zero attached hydrogens (tertiary/aromatic N) is 1. The zero-order valence-corrected chi connectivity index (χ0v) is 13.2. The molecule has 3 atom stereocenters. The van der Waals surface area contributed by atoms with E-state index in [1.807, 2.05) is 24.4 Å². The van der Waals surface area contributed by atoms with Crippen molar-refractivity contribution in [2.24, 2.45) is 5.92 Å². The van der Waals surface area contributed by atoms with Crippen molar-refractivity contribution in [1.29, 1.82) is 0 Å². The first-order valence-electron chi connectivity index (χ1n) is 7.07. The number of rotatable bonds is 4. The van der Waals surface area contributed by atoms with Gasteiger partial charge in [-0.3, -0.25) is 9.59 Å². The molecule has 0 aliphatic carbocycles. The molecule has 20 heavy (non-hydrogen) atoms. The molecule has 1 aliphatic rings. The van der Waals surface area contributed by atoms with E-state index >= 15 is 0 Å². The van der Waals surface area contributed by atoms with Gasteiger partial charge in [0.05, 0.1) is 6.04 Å². The van der Waals surface area contributed by atoms with Gasteiger partial charge in [0, 0.05) is 4.88 Å². The molecule has 0 bridgehead atoms. The summed E-state index contributed by atoms with van der Waals surface area (Å²) >= 11 is 1.62. The minimum absolute atomic E-state index is 0.0340.